The highest BCUT2D eigenvalue weighted by Gasteiger charge is 2.13. The molecule has 0 spiro atoms. The molecular weight excluding hydrogens is 240 g/mol. The number of benzene rings is 1. The first-order valence-electron chi connectivity index (χ1n) is 5.62. The summed E-state index contributed by atoms with van der Waals surface area (Å²) in [7, 11) is 0. The molecule has 0 bridgehead atoms. The average Bonchev–Trinajstić information content (AvgIpc) is 2.81. The molecule has 1 unspecified atom stereocenters. The van der Waals surface area contributed by atoms with E-state index >= 15 is 0 Å². The second kappa shape index (κ2) is 5.22. The topological polar surface area (TPSA) is 64.9 Å². The standard InChI is InChI=1S/C12H13F2N3O/c1-2-10(15)12-16-11(18-17-12)6-7-3-4-8(13)9(14)5-7/h3-5,10H,2,6,15H2,1H3. The van der Waals surface area contributed by atoms with Crippen LogP contribution >= 0.6 is 0 Å². The van der Waals surface area contributed by atoms with Crippen LogP contribution in [0.1, 0.15) is 36.7 Å². The Morgan fingerprint density at radius 2 is 2.11 bits per heavy atom. The van der Waals surface area contributed by atoms with Gasteiger partial charge in [0.2, 0.25) is 5.89 Å². The molecule has 0 aliphatic carbocycles. The number of halogens is 2. The van der Waals surface area contributed by atoms with Crippen LogP contribution in [0.15, 0.2) is 22.7 Å². The van der Waals surface area contributed by atoms with Crippen LogP contribution in [0.5, 0.6) is 0 Å². The van der Waals surface area contributed by atoms with Crippen molar-refractivity contribution in [1.82, 2.24) is 10.1 Å². The molecule has 2 rings (SSSR count). The minimum atomic E-state index is -0.891. The lowest BCUT2D eigenvalue weighted by molar-refractivity contribution is 0.375. The van der Waals surface area contributed by atoms with Gasteiger partial charge < -0.3 is 10.3 Å². The predicted octanol–water partition coefficient (Wildman–Crippen LogP) is 2.35. The molecule has 0 aliphatic heterocycles. The van der Waals surface area contributed by atoms with Crippen molar-refractivity contribution in [3.8, 4) is 0 Å². The fourth-order valence-electron chi connectivity index (χ4n) is 1.50. The van der Waals surface area contributed by atoms with Gasteiger partial charge in [-0.1, -0.05) is 18.1 Å². The van der Waals surface area contributed by atoms with Crippen molar-refractivity contribution < 1.29 is 13.3 Å². The first kappa shape index (κ1) is 12.6. The predicted molar refractivity (Wildman–Crippen MR) is 60.7 cm³/mol. The van der Waals surface area contributed by atoms with Crippen LogP contribution in [-0.2, 0) is 6.42 Å². The second-order valence-electron chi connectivity index (χ2n) is 3.99. The largest absolute Gasteiger partial charge is 0.339 e. The molecule has 1 atom stereocenters. The zero-order chi connectivity index (χ0) is 13.1. The summed E-state index contributed by atoms with van der Waals surface area (Å²) in [6.45, 7) is 1.91. The highest BCUT2D eigenvalue weighted by molar-refractivity contribution is 5.20. The number of hydrogen-bond acceptors (Lipinski definition) is 4. The Morgan fingerprint density at radius 1 is 1.33 bits per heavy atom. The van der Waals surface area contributed by atoms with Gasteiger partial charge in [0.15, 0.2) is 17.5 Å². The van der Waals surface area contributed by atoms with Crippen LogP contribution in [0.3, 0.4) is 0 Å². The summed E-state index contributed by atoms with van der Waals surface area (Å²) in [6.07, 6.45) is 0.949. The molecule has 4 nitrogen and oxygen atoms in total. The minimum Gasteiger partial charge on any atom is -0.339 e. The lowest BCUT2D eigenvalue weighted by Gasteiger charge is -2.00. The summed E-state index contributed by atoms with van der Waals surface area (Å²) >= 11 is 0. The molecule has 0 saturated heterocycles. The average molecular weight is 253 g/mol. The number of rotatable bonds is 4. The van der Waals surface area contributed by atoms with Gasteiger partial charge in [0.25, 0.3) is 0 Å². The van der Waals surface area contributed by atoms with Crippen LogP contribution in [-0.4, -0.2) is 10.1 Å². The summed E-state index contributed by atoms with van der Waals surface area (Å²) in [6, 6.07) is 3.38. The van der Waals surface area contributed by atoms with E-state index in [0.717, 1.165) is 12.1 Å². The molecule has 1 aromatic carbocycles. The Kier molecular flexibility index (Phi) is 3.66. The van der Waals surface area contributed by atoms with Gasteiger partial charge in [0.1, 0.15) is 0 Å². The van der Waals surface area contributed by atoms with Gasteiger partial charge in [0.05, 0.1) is 12.5 Å². The van der Waals surface area contributed by atoms with Gasteiger partial charge >= 0.3 is 0 Å². The van der Waals surface area contributed by atoms with Crippen LogP contribution in [0.2, 0.25) is 0 Å². The molecule has 96 valence electrons. The fraction of sp³-hybridized carbons (Fsp3) is 0.333. The van der Waals surface area contributed by atoms with E-state index in [1.807, 2.05) is 6.92 Å². The summed E-state index contributed by atoms with van der Waals surface area (Å²) < 4.78 is 30.8. The molecule has 18 heavy (non-hydrogen) atoms. The van der Waals surface area contributed by atoms with Crippen LogP contribution in [0.4, 0.5) is 8.78 Å². The Bertz CT molecular complexity index is 542. The molecule has 0 amide bonds. The van der Waals surface area contributed by atoms with Gasteiger partial charge in [-0.25, -0.2) is 8.78 Å². The summed E-state index contributed by atoms with van der Waals surface area (Å²) in [4.78, 5) is 4.11. The smallest absolute Gasteiger partial charge is 0.231 e. The number of hydrogen-bond donors (Lipinski definition) is 1. The molecule has 1 aromatic heterocycles. The zero-order valence-electron chi connectivity index (χ0n) is 9.86. The van der Waals surface area contributed by atoms with Crippen LogP contribution < -0.4 is 5.73 Å². The van der Waals surface area contributed by atoms with E-state index in [-0.39, 0.29) is 12.5 Å². The second-order valence-corrected chi connectivity index (χ2v) is 3.99. The van der Waals surface area contributed by atoms with Crippen molar-refractivity contribution in [3.05, 3.63) is 47.1 Å². The SMILES string of the molecule is CCC(N)c1noc(Cc2ccc(F)c(F)c2)n1. The lowest BCUT2D eigenvalue weighted by Crippen LogP contribution is -2.10. The zero-order valence-corrected chi connectivity index (χ0v) is 9.86. The van der Waals surface area contributed by atoms with E-state index in [2.05, 4.69) is 10.1 Å². The van der Waals surface area contributed by atoms with E-state index in [1.54, 1.807) is 0 Å². The Morgan fingerprint density at radius 3 is 2.78 bits per heavy atom. The molecule has 2 N–H and O–H groups in total. The van der Waals surface area contributed by atoms with Crippen molar-refractivity contribution in [3.63, 3.8) is 0 Å². The van der Waals surface area contributed by atoms with Gasteiger partial charge in [-0.15, -0.1) is 0 Å². The number of aromatic nitrogens is 2. The van der Waals surface area contributed by atoms with Crippen molar-refractivity contribution >= 4 is 0 Å². The Labute approximate surface area is 103 Å². The van der Waals surface area contributed by atoms with Crippen LogP contribution in [0, 0.1) is 11.6 Å². The maximum absolute atomic E-state index is 13.0. The van der Waals surface area contributed by atoms with E-state index in [1.165, 1.54) is 6.07 Å². The molecule has 2 aromatic rings. The Hall–Kier alpha value is -1.82. The quantitative estimate of drug-likeness (QED) is 0.908. The molecule has 1 heterocycles. The molecule has 6 heteroatoms. The first-order chi connectivity index (χ1) is 8.60. The first-order valence-corrected chi connectivity index (χ1v) is 5.62. The van der Waals surface area contributed by atoms with Crippen molar-refractivity contribution in [1.29, 1.82) is 0 Å². The third-order valence-electron chi connectivity index (χ3n) is 2.59. The maximum atomic E-state index is 13.0. The van der Waals surface area contributed by atoms with Crippen molar-refractivity contribution in [2.24, 2.45) is 5.73 Å². The third kappa shape index (κ3) is 2.70. The molecule has 0 aliphatic rings. The van der Waals surface area contributed by atoms with Gasteiger partial charge in [-0.05, 0) is 24.1 Å². The lowest BCUT2D eigenvalue weighted by atomic mass is 10.1. The summed E-state index contributed by atoms with van der Waals surface area (Å²) in [5.74, 6) is -1.01. The summed E-state index contributed by atoms with van der Waals surface area (Å²) in [5.41, 5.74) is 6.31. The van der Waals surface area contributed by atoms with Crippen molar-refractivity contribution in [2.45, 2.75) is 25.8 Å². The molecule has 0 saturated carbocycles. The van der Waals surface area contributed by atoms with E-state index in [4.69, 9.17) is 10.3 Å². The number of nitrogens with zero attached hydrogens (tertiary/aromatic N) is 2. The van der Waals surface area contributed by atoms with Gasteiger partial charge in [-0.3, -0.25) is 0 Å². The molecule has 0 radical (unpaired) electrons. The van der Waals surface area contributed by atoms with E-state index in [0.29, 0.717) is 23.7 Å². The fourth-order valence-corrected chi connectivity index (χ4v) is 1.50. The highest BCUT2D eigenvalue weighted by atomic mass is 19.2. The Balaban J connectivity index is 2.13. The molecule has 0 fully saturated rings. The van der Waals surface area contributed by atoms with Crippen LogP contribution in [0.25, 0.3) is 0 Å². The normalized spacial score (nSPS) is 12.7. The van der Waals surface area contributed by atoms with Crippen molar-refractivity contribution in [2.75, 3.05) is 0 Å². The maximum Gasteiger partial charge on any atom is 0.231 e. The summed E-state index contributed by atoms with van der Waals surface area (Å²) in [5, 5.41) is 3.74. The highest BCUT2D eigenvalue weighted by Crippen LogP contribution is 2.14. The van der Waals surface area contributed by atoms with Gasteiger partial charge in [0, 0.05) is 0 Å². The molecular formula is C12H13F2N3O. The minimum absolute atomic E-state index is 0.251. The third-order valence-corrected chi connectivity index (χ3v) is 2.59. The van der Waals surface area contributed by atoms with E-state index in [9.17, 15) is 8.78 Å². The monoisotopic (exact) mass is 253 g/mol. The number of nitrogens with two attached hydrogens (primary N) is 1. The van der Waals surface area contributed by atoms with Gasteiger partial charge in [-0.2, -0.15) is 4.98 Å². The van der Waals surface area contributed by atoms with E-state index < -0.39 is 11.6 Å².